The molecule has 0 aliphatic heterocycles. The topological polar surface area (TPSA) is 67.4 Å². The molecule has 0 saturated heterocycles. The second-order valence-corrected chi connectivity index (χ2v) is 7.57. The maximum absolute atomic E-state index is 12.5. The smallest absolute Gasteiger partial charge is 0.228 e. The maximum Gasteiger partial charge on any atom is 0.228 e. The lowest BCUT2D eigenvalue weighted by atomic mass is 10.0. The van der Waals surface area contributed by atoms with Crippen LogP contribution in [0.5, 0.6) is 5.75 Å². The predicted molar refractivity (Wildman–Crippen MR) is 110 cm³/mol. The lowest BCUT2D eigenvalue weighted by molar-refractivity contribution is -0.125. The van der Waals surface area contributed by atoms with Crippen molar-refractivity contribution in [2.45, 2.75) is 32.6 Å². The summed E-state index contributed by atoms with van der Waals surface area (Å²) in [6, 6.07) is 15.6. The monoisotopic (exact) mass is 380 g/mol. The highest BCUT2D eigenvalue weighted by atomic mass is 16.5. The zero-order chi connectivity index (χ0) is 20.1. The molecule has 2 unspecified atom stereocenters. The SMILES string of the molecule is COc1ccc(CCNC(=O)C2CC2C(=O)Nc2ccccc2C(C)C)cc1. The summed E-state index contributed by atoms with van der Waals surface area (Å²) in [6.07, 6.45) is 1.37. The highest BCUT2D eigenvalue weighted by molar-refractivity contribution is 6.00. The van der Waals surface area contributed by atoms with E-state index in [2.05, 4.69) is 24.5 Å². The highest BCUT2D eigenvalue weighted by Gasteiger charge is 2.47. The number of ether oxygens (including phenoxy) is 1. The Hall–Kier alpha value is -2.82. The van der Waals surface area contributed by atoms with Crippen LogP contribution >= 0.6 is 0 Å². The van der Waals surface area contributed by atoms with E-state index in [0.717, 1.165) is 29.0 Å². The third-order valence-corrected chi connectivity index (χ3v) is 5.18. The molecule has 5 heteroatoms. The Bertz CT molecular complexity index is 830. The van der Waals surface area contributed by atoms with Crippen LogP contribution in [0, 0.1) is 11.8 Å². The molecule has 1 aliphatic carbocycles. The van der Waals surface area contributed by atoms with E-state index in [0.29, 0.717) is 18.9 Å². The third kappa shape index (κ3) is 4.91. The van der Waals surface area contributed by atoms with Crippen molar-refractivity contribution in [3.8, 4) is 5.75 Å². The van der Waals surface area contributed by atoms with Gasteiger partial charge >= 0.3 is 0 Å². The van der Waals surface area contributed by atoms with Crippen LogP contribution in [0.4, 0.5) is 5.69 Å². The molecule has 28 heavy (non-hydrogen) atoms. The third-order valence-electron chi connectivity index (χ3n) is 5.18. The van der Waals surface area contributed by atoms with Crippen LogP contribution in [0.25, 0.3) is 0 Å². The minimum Gasteiger partial charge on any atom is -0.497 e. The molecule has 2 aromatic rings. The van der Waals surface area contributed by atoms with Gasteiger partial charge in [0.05, 0.1) is 18.9 Å². The Morgan fingerprint density at radius 1 is 1.04 bits per heavy atom. The quantitative estimate of drug-likeness (QED) is 0.733. The van der Waals surface area contributed by atoms with E-state index in [1.54, 1.807) is 7.11 Å². The first-order valence-electron chi connectivity index (χ1n) is 9.80. The maximum atomic E-state index is 12.5. The van der Waals surface area contributed by atoms with Crippen molar-refractivity contribution < 1.29 is 14.3 Å². The van der Waals surface area contributed by atoms with Gasteiger partial charge in [0.25, 0.3) is 0 Å². The predicted octanol–water partition coefficient (Wildman–Crippen LogP) is 3.75. The van der Waals surface area contributed by atoms with E-state index in [9.17, 15) is 9.59 Å². The van der Waals surface area contributed by atoms with E-state index < -0.39 is 0 Å². The second kappa shape index (κ2) is 8.91. The van der Waals surface area contributed by atoms with Crippen LogP contribution in [0.15, 0.2) is 48.5 Å². The normalized spacial score (nSPS) is 17.9. The largest absolute Gasteiger partial charge is 0.497 e. The van der Waals surface area contributed by atoms with Gasteiger partial charge in [-0.15, -0.1) is 0 Å². The number of methoxy groups -OCH3 is 1. The summed E-state index contributed by atoms with van der Waals surface area (Å²) >= 11 is 0. The minimum absolute atomic E-state index is 0.0363. The summed E-state index contributed by atoms with van der Waals surface area (Å²) in [6.45, 7) is 4.76. The number of rotatable bonds is 8. The molecule has 5 nitrogen and oxygen atoms in total. The van der Waals surface area contributed by atoms with E-state index in [4.69, 9.17) is 4.74 Å². The molecule has 2 aromatic carbocycles. The zero-order valence-electron chi connectivity index (χ0n) is 16.7. The highest BCUT2D eigenvalue weighted by Crippen LogP contribution is 2.40. The first kappa shape index (κ1) is 19.9. The van der Waals surface area contributed by atoms with E-state index in [1.807, 2.05) is 48.5 Å². The number of para-hydroxylation sites is 1. The minimum atomic E-state index is -0.235. The van der Waals surface area contributed by atoms with E-state index >= 15 is 0 Å². The molecule has 0 radical (unpaired) electrons. The van der Waals surface area contributed by atoms with Gasteiger partial charge in [-0.2, -0.15) is 0 Å². The molecule has 1 fully saturated rings. The standard InChI is InChI=1S/C23H28N2O3/c1-15(2)18-6-4-5-7-21(18)25-23(27)20-14-19(20)22(26)24-13-12-16-8-10-17(28-3)11-9-16/h4-11,15,19-20H,12-14H2,1-3H3,(H,24,26)(H,25,27). The molecule has 2 N–H and O–H groups in total. The van der Waals surface area contributed by atoms with Gasteiger partial charge in [-0.3, -0.25) is 9.59 Å². The Kier molecular flexibility index (Phi) is 6.34. The molecular formula is C23H28N2O3. The molecule has 1 saturated carbocycles. The zero-order valence-corrected chi connectivity index (χ0v) is 16.7. The fraction of sp³-hybridized carbons (Fsp3) is 0.391. The fourth-order valence-corrected chi connectivity index (χ4v) is 3.37. The number of carbonyl (C=O) groups is 2. The molecule has 1 aliphatic rings. The van der Waals surface area contributed by atoms with Crippen LogP contribution in [0.2, 0.25) is 0 Å². The van der Waals surface area contributed by atoms with Crippen molar-refractivity contribution >= 4 is 17.5 Å². The second-order valence-electron chi connectivity index (χ2n) is 7.57. The van der Waals surface area contributed by atoms with Crippen LogP contribution in [-0.4, -0.2) is 25.5 Å². The molecule has 148 valence electrons. The molecule has 0 aromatic heterocycles. The molecule has 2 amide bonds. The number of carbonyl (C=O) groups excluding carboxylic acids is 2. The molecule has 2 atom stereocenters. The first-order chi connectivity index (χ1) is 13.5. The van der Waals surface area contributed by atoms with Gasteiger partial charge in [-0.05, 0) is 48.1 Å². The van der Waals surface area contributed by atoms with Gasteiger partial charge in [0.1, 0.15) is 5.75 Å². The van der Waals surface area contributed by atoms with Gasteiger partial charge in [-0.25, -0.2) is 0 Å². The molecule has 0 spiro atoms. The number of hydrogen-bond acceptors (Lipinski definition) is 3. The number of anilines is 1. The Morgan fingerprint density at radius 2 is 1.71 bits per heavy atom. The van der Waals surface area contributed by atoms with Crippen LogP contribution < -0.4 is 15.4 Å². The average molecular weight is 380 g/mol. The van der Waals surface area contributed by atoms with E-state index in [1.165, 1.54) is 0 Å². The van der Waals surface area contributed by atoms with Crippen molar-refractivity contribution in [3.05, 3.63) is 59.7 Å². The lowest BCUT2D eigenvalue weighted by Gasteiger charge is -2.13. The van der Waals surface area contributed by atoms with Gasteiger partial charge in [-0.1, -0.05) is 44.2 Å². The van der Waals surface area contributed by atoms with Crippen molar-refractivity contribution in [2.24, 2.45) is 11.8 Å². The fourth-order valence-electron chi connectivity index (χ4n) is 3.37. The van der Waals surface area contributed by atoms with Gasteiger partial charge < -0.3 is 15.4 Å². The summed E-state index contributed by atoms with van der Waals surface area (Å²) in [5.41, 5.74) is 3.08. The Morgan fingerprint density at radius 3 is 2.39 bits per heavy atom. The van der Waals surface area contributed by atoms with Gasteiger partial charge in [0.15, 0.2) is 0 Å². The number of nitrogens with one attached hydrogen (secondary N) is 2. The van der Waals surface area contributed by atoms with Crippen molar-refractivity contribution in [1.29, 1.82) is 0 Å². The average Bonchev–Trinajstić information content (AvgIpc) is 3.50. The summed E-state index contributed by atoms with van der Waals surface area (Å²) in [5.74, 6) is 0.587. The number of hydrogen-bond donors (Lipinski definition) is 2. The molecule has 0 heterocycles. The van der Waals surface area contributed by atoms with Crippen LogP contribution in [0.3, 0.4) is 0 Å². The van der Waals surface area contributed by atoms with Crippen molar-refractivity contribution in [2.75, 3.05) is 19.0 Å². The van der Waals surface area contributed by atoms with Gasteiger partial charge in [0.2, 0.25) is 11.8 Å². The van der Waals surface area contributed by atoms with Crippen molar-refractivity contribution in [3.63, 3.8) is 0 Å². The number of amides is 2. The molecular weight excluding hydrogens is 352 g/mol. The van der Waals surface area contributed by atoms with Crippen LogP contribution in [-0.2, 0) is 16.0 Å². The first-order valence-corrected chi connectivity index (χ1v) is 9.80. The lowest BCUT2D eigenvalue weighted by Crippen LogP contribution is -2.29. The van der Waals surface area contributed by atoms with Crippen molar-refractivity contribution in [1.82, 2.24) is 5.32 Å². The summed E-state index contributed by atoms with van der Waals surface area (Å²) in [7, 11) is 1.64. The van der Waals surface area contributed by atoms with Crippen LogP contribution in [0.1, 0.15) is 37.3 Å². The Balaban J connectivity index is 1.45. The number of benzene rings is 2. The summed E-state index contributed by atoms with van der Waals surface area (Å²) in [5, 5.41) is 5.95. The van der Waals surface area contributed by atoms with Gasteiger partial charge in [0, 0.05) is 12.2 Å². The molecule has 3 rings (SSSR count). The molecule has 0 bridgehead atoms. The summed E-state index contributed by atoms with van der Waals surface area (Å²) < 4.78 is 5.14. The summed E-state index contributed by atoms with van der Waals surface area (Å²) in [4.78, 5) is 24.8. The van der Waals surface area contributed by atoms with E-state index in [-0.39, 0.29) is 23.7 Å². The Labute approximate surface area is 166 Å².